The summed E-state index contributed by atoms with van der Waals surface area (Å²) in [6, 6.07) is 10.9. The molecule has 2 aliphatic rings. The zero-order valence-electron chi connectivity index (χ0n) is 15.7. The molecular weight excluding hydrogens is 399 g/mol. The number of urea groups is 1. The second-order valence-corrected chi connectivity index (χ2v) is 7.27. The zero-order chi connectivity index (χ0) is 21.5. The van der Waals surface area contributed by atoms with E-state index in [1.165, 1.54) is 4.90 Å². The van der Waals surface area contributed by atoms with E-state index in [0.29, 0.717) is 6.42 Å². The quantitative estimate of drug-likeness (QED) is 0.835. The summed E-state index contributed by atoms with van der Waals surface area (Å²) in [6.07, 6.45) is -4.10. The second kappa shape index (κ2) is 7.47. The van der Waals surface area contributed by atoms with Crippen molar-refractivity contribution in [2.24, 2.45) is 0 Å². The maximum atomic E-state index is 13.1. The average Bonchev–Trinajstić information content (AvgIpc) is 3.14. The third kappa shape index (κ3) is 3.62. The van der Waals surface area contributed by atoms with Crippen LogP contribution < -0.4 is 5.32 Å². The van der Waals surface area contributed by atoms with Gasteiger partial charge in [0.1, 0.15) is 6.04 Å². The number of carbonyl (C=O) groups excluding carboxylic acids is 3. The molecule has 4 rings (SSSR count). The molecule has 0 radical (unpaired) electrons. The van der Waals surface area contributed by atoms with Crippen LogP contribution in [0.15, 0.2) is 54.6 Å². The van der Waals surface area contributed by atoms with Crippen LogP contribution in [0.3, 0.4) is 0 Å². The SMILES string of the molecule is O=C1N[C@@H]2CCN(C(=O)c3ccc(C(F)(F)F)cc3)[C@@H]2C(=O)N1Cc1ccccc1. The molecule has 2 aliphatic heterocycles. The van der Waals surface area contributed by atoms with Crippen LogP contribution in [-0.4, -0.2) is 46.3 Å². The van der Waals surface area contributed by atoms with Gasteiger partial charge in [-0.3, -0.25) is 14.5 Å². The number of nitrogens with one attached hydrogen (secondary N) is 1. The Kier molecular flexibility index (Phi) is 4.97. The molecule has 2 fully saturated rings. The first-order valence-corrected chi connectivity index (χ1v) is 9.40. The summed E-state index contributed by atoms with van der Waals surface area (Å²) in [6.45, 7) is 0.289. The van der Waals surface area contributed by atoms with Gasteiger partial charge in [0.25, 0.3) is 11.8 Å². The number of alkyl halides is 3. The molecule has 0 unspecified atom stereocenters. The first-order chi connectivity index (χ1) is 14.3. The Bertz CT molecular complexity index is 976. The number of carbonyl (C=O) groups is 3. The number of nitrogens with zero attached hydrogens (tertiary/aromatic N) is 2. The van der Waals surface area contributed by atoms with Gasteiger partial charge in [0.05, 0.1) is 18.2 Å². The molecule has 0 spiro atoms. The highest BCUT2D eigenvalue weighted by molar-refractivity contribution is 6.04. The number of halogens is 3. The van der Waals surface area contributed by atoms with Crippen molar-refractivity contribution < 1.29 is 27.6 Å². The van der Waals surface area contributed by atoms with Gasteiger partial charge in [-0.05, 0) is 36.2 Å². The zero-order valence-corrected chi connectivity index (χ0v) is 15.7. The summed E-state index contributed by atoms with van der Waals surface area (Å²) in [7, 11) is 0. The van der Waals surface area contributed by atoms with Crippen molar-refractivity contribution in [1.29, 1.82) is 0 Å². The molecule has 4 amide bonds. The van der Waals surface area contributed by atoms with E-state index < -0.39 is 41.7 Å². The van der Waals surface area contributed by atoms with Crippen molar-refractivity contribution >= 4 is 17.8 Å². The molecule has 2 saturated heterocycles. The molecule has 2 heterocycles. The van der Waals surface area contributed by atoms with Crippen molar-refractivity contribution in [3.8, 4) is 0 Å². The van der Waals surface area contributed by atoms with E-state index in [4.69, 9.17) is 0 Å². The van der Waals surface area contributed by atoms with Crippen LogP contribution in [0.2, 0.25) is 0 Å². The van der Waals surface area contributed by atoms with Gasteiger partial charge in [0, 0.05) is 12.1 Å². The van der Waals surface area contributed by atoms with Crippen LogP contribution >= 0.6 is 0 Å². The Morgan fingerprint density at radius 1 is 1.03 bits per heavy atom. The Labute approximate surface area is 170 Å². The predicted octanol–water partition coefficient (Wildman–Crippen LogP) is 3.04. The minimum absolute atomic E-state index is 0.0583. The number of amides is 4. The highest BCUT2D eigenvalue weighted by atomic mass is 19.4. The van der Waals surface area contributed by atoms with Gasteiger partial charge in [-0.15, -0.1) is 0 Å². The molecule has 30 heavy (non-hydrogen) atoms. The number of benzene rings is 2. The van der Waals surface area contributed by atoms with Crippen LogP contribution in [0.5, 0.6) is 0 Å². The molecular formula is C21H18F3N3O3. The molecule has 2 atom stereocenters. The third-order valence-corrected chi connectivity index (χ3v) is 5.37. The van der Waals surface area contributed by atoms with Gasteiger partial charge >= 0.3 is 12.2 Å². The van der Waals surface area contributed by atoms with Gasteiger partial charge in [-0.25, -0.2) is 4.79 Å². The fourth-order valence-electron chi connectivity index (χ4n) is 3.86. The van der Waals surface area contributed by atoms with E-state index in [0.717, 1.165) is 34.7 Å². The Hall–Kier alpha value is -3.36. The lowest BCUT2D eigenvalue weighted by molar-refractivity contribution is -0.137. The number of hydrogen-bond acceptors (Lipinski definition) is 3. The van der Waals surface area contributed by atoms with E-state index in [-0.39, 0.29) is 18.7 Å². The van der Waals surface area contributed by atoms with Crippen molar-refractivity contribution in [3.05, 3.63) is 71.3 Å². The number of hydrogen-bond donors (Lipinski definition) is 1. The van der Waals surface area contributed by atoms with Crippen molar-refractivity contribution in [3.63, 3.8) is 0 Å². The molecule has 1 N–H and O–H groups in total. The summed E-state index contributed by atoms with van der Waals surface area (Å²) in [5, 5.41) is 2.77. The fourth-order valence-corrected chi connectivity index (χ4v) is 3.86. The topological polar surface area (TPSA) is 69.7 Å². The van der Waals surface area contributed by atoms with Crippen LogP contribution in [0.1, 0.15) is 27.9 Å². The molecule has 0 saturated carbocycles. The van der Waals surface area contributed by atoms with Crippen molar-refractivity contribution in [2.45, 2.75) is 31.2 Å². The van der Waals surface area contributed by atoms with Gasteiger partial charge in [-0.2, -0.15) is 13.2 Å². The van der Waals surface area contributed by atoms with E-state index in [1.54, 1.807) is 24.3 Å². The highest BCUT2D eigenvalue weighted by Gasteiger charge is 2.49. The number of imide groups is 1. The lowest BCUT2D eigenvalue weighted by atomic mass is 10.0. The van der Waals surface area contributed by atoms with E-state index in [1.807, 2.05) is 6.07 Å². The van der Waals surface area contributed by atoms with E-state index >= 15 is 0 Å². The molecule has 2 aromatic rings. The van der Waals surface area contributed by atoms with Gasteiger partial charge in [0.15, 0.2) is 0 Å². The summed E-state index contributed by atoms with van der Waals surface area (Å²) < 4.78 is 38.3. The molecule has 6 nitrogen and oxygen atoms in total. The average molecular weight is 417 g/mol. The van der Waals surface area contributed by atoms with Crippen LogP contribution in [-0.2, 0) is 17.5 Å². The number of fused-ring (bicyclic) bond motifs is 1. The van der Waals surface area contributed by atoms with Crippen molar-refractivity contribution in [2.75, 3.05) is 6.54 Å². The maximum Gasteiger partial charge on any atom is 0.416 e. The number of likely N-dealkylation sites (tertiary alicyclic amines) is 1. The summed E-state index contributed by atoms with van der Waals surface area (Å²) in [5.41, 5.74) is -0.0330. The first-order valence-electron chi connectivity index (χ1n) is 9.40. The molecule has 0 aromatic heterocycles. The third-order valence-electron chi connectivity index (χ3n) is 5.37. The summed E-state index contributed by atoms with van der Waals surface area (Å²) in [4.78, 5) is 40.8. The molecule has 9 heteroatoms. The predicted molar refractivity (Wildman–Crippen MR) is 100 cm³/mol. The van der Waals surface area contributed by atoms with Gasteiger partial charge < -0.3 is 10.2 Å². The van der Waals surface area contributed by atoms with Gasteiger partial charge in [-0.1, -0.05) is 30.3 Å². The normalized spacial score (nSPS) is 21.4. The van der Waals surface area contributed by atoms with E-state index in [2.05, 4.69) is 5.32 Å². The Balaban J connectivity index is 1.55. The molecule has 156 valence electrons. The maximum absolute atomic E-state index is 13.1. The van der Waals surface area contributed by atoms with Gasteiger partial charge in [0.2, 0.25) is 0 Å². The number of rotatable bonds is 3. The second-order valence-electron chi connectivity index (χ2n) is 7.27. The summed E-state index contributed by atoms with van der Waals surface area (Å²) >= 11 is 0. The fraction of sp³-hybridized carbons (Fsp3) is 0.286. The largest absolute Gasteiger partial charge is 0.416 e. The molecule has 2 aromatic carbocycles. The molecule has 0 bridgehead atoms. The van der Waals surface area contributed by atoms with Crippen LogP contribution in [0.4, 0.5) is 18.0 Å². The Morgan fingerprint density at radius 3 is 2.33 bits per heavy atom. The lowest BCUT2D eigenvalue weighted by Gasteiger charge is -2.37. The first kappa shape index (κ1) is 19.9. The smallest absolute Gasteiger partial charge is 0.332 e. The monoisotopic (exact) mass is 417 g/mol. The lowest BCUT2D eigenvalue weighted by Crippen LogP contribution is -2.64. The van der Waals surface area contributed by atoms with E-state index in [9.17, 15) is 27.6 Å². The molecule has 0 aliphatic carbocycles. The minimum atomic E-state index is -4.50. The van der Waals surface area contributed by atoms with Crippen LogP contribution in [0.25, 0.3) is 0 Å². The Morgan fingerprint density at radius 2 is 1.70 bits per heavy atom. The summed E-state index contributed by atoms with van der Waals surface area (Å²) in [5.74, 6) is -1.04. The van der Waals surface area contributed by atoms with Crippen molar-refractivity contribution in [1.82, 2.24) is 15.1 Å². The van der Waals surface area contributed by atoms with Crippen LogP contribution in [0, 0.1) is 0 Å². The minimum Gasteiger partial charge on any atom is -0.332 e. The highest BCUT2D eigenvalue weighted by Crippen LogP contribution is 2.30. The standard InChI is InChI=1S/C21H18F3N3O3/c22-21(23,24)15-8-6-14(7-9-15)18(28)26-11-10-16-17(26)19(29)27(20(30)25-16)12-13-4-2-1-3-5-13/h1-9,16-17H,10-12H2,(H,25,30)/t16-,17+/m1/s1.